The number of nitrogens with one attached hydrogen (secondary N) is 1. The van der Waals surface area contributed by atoms with Crippen molar-refractivity contribution < 1.29 is 13.9 Å². The number of methoxy groups -OCH3 is 1. The Morgan fingerprint density at radius 2 is 2.17 bits per heavy atom. The normalized spacial score (nSPS) is 10.9. The fraction of sp³-hybridized carbons (Fsp3) is 0.111. The number of amides is 1. The first-order valence-electron chi connectivity index (χ1n) is 7.33. The van der Waals surface area contributed by atoms with Crippen LogP contribution in [-0.4, -0.2) is 18.0 Å². The first kappa shape index (κ1) is 16.0. The summed E-state index contributed by atoms with van der Waals surface area (Å²) < 4.78 is 10.3. The van der Waals surface area contributed by atoms with Crippen LogP contribution in [0.1, 0.15) is 11.5 Å². The third kappa shape index (κ3) is 4.11. The number of ether oxygens (including phenoxy) is 1. The van der Waals surface area contributed by atoms with E-state index in [0.29, 0.717) is 12.3 Å². The Hall–Kier alpha value is -2.86. The average Bonchev–Trinajstić information content (AvgIpc) is 3.30. The molecule has 5 nitrogen and oxygen atoms in total. The van der Waals surface area contributed by atoms with Gasteiger partial charge in [-0.1, -0.05) is 0 Å². The van der Waals surface area contributed by atoms with Crippen LogP contribution < -0.4 is 10.1 Å². The molecule has 0 aliphatic rings. The lowest BCUT2D eigenvalue weighted by Gasteiger charge is -2.00. The lowest BCUT2D eigenvalue weighted by molar-refractivity contribution is -0.116. The number of furan rings is 1. The molecular formula is C18H16N2O3S. The number of hydrogen-bond donors (Lipinski definition) is 1. The van der Waals surface area contributed by atoms with Gasteiger partial charge in [0.25, 0.3) is 0 Å². The number of benzene rings is 1. The highest BCUT2D eigenvalue weighted by molar-refractivity contribution is 7.13. The Morgan fingerprint density at radius 1 is 1.33 bits per heavy atom. The van der Waals surface area contributed by atoms with Crippen LogP contribution >= 0.6 is 11.3 Å². The van der Waals surface area contributed by atoms with Crippen LogP contribution in [0.25, 0.3) is 16.6 Å². The molecule has 24 heavy (non-hydrogen) atoms. The van der Waals surface area contributed by atoms with Crippen molar-refractivity contribution >= 4 is 23.3 Å². The van der Waals surface area contributed by atoms with E-state index >= 15 is 0 Å². The molecule has 0 atom stereocenters. The second kappa shape index (κ2) is 7.61. The molecule has 0 saturated carbocycles. The van der Waals surface area contributed by atoms with Crippen LogP contribution in [0.4, 0.5) is 0 Å². The van der Waals surface area contributed by atoms with Crippen molar-refractivity contribution in [2.24, 2.45) is 0 Å². The topological polar surface area (TPSA) is 64.4 Å². The maximum atomic E-state index is 11.8. The number of hydrogen-bond acceptors (Lipinski definition) is 5. The molecule has 0 aliphatic heterocycles. The average molecular weight is 340 g/mol. The quantitative estimate of drug-likeness (QED) is 0.694. The van der Waals surface area contributed by atoms with Crippen molar-refractivity contribution in [1.82, 2.24) is 10.3 Å². The number of rotatable bonds is 6. The molecule has 0 fully saturated rings. The second-order valence-electron chi connectivity index (χ2n) is 4.94. The van der Waals surface area contributed by atoms with Gasteiger partial charge in [-0.15, -0.1) is 11.3 Å². The maximum Gasteiger partial charge on any atom is 0.244 e. The molecule has 3 rings (SSSR count). The van der Waals surface area contributed by atoms with E-state index in [4.69, 9.17) is 9.15 Å². The molecule has 0 aliphatic carbocycles. The van der Waals surface area contributed by atoms with Gasteiger partial charge in [0.05, 0.1) is 25.6 Å². The van der Waals surface area contributed by atoms with Crippen LogP contribution in [0, 0.1) is 0 Å². The van der Waals surface area contributed by atoms with Crippen LogP contribution in [0.2, 0.25) is 0 Å². The van der Waals surface area contributed by atoms with Gasteiger partial charge in [-0.05, 0) is 42.5 Å². The van der Waals surface area contributed by atoms with E-state index in [-0.39, 0.29) is 5.91 Å². The molecule has 0 unspecified atom stereocenters. The monoisotopic (exact) mass is 340 g/mol. The van der Waals surface area contributed by atoms with Gasteiger partial charge in [0.2, 0.25) is 5.91 Å². The molecule has 6 heteroatoms. The van der Waals surface area contributed by atoms with Gasteiger partial charge >= 0.3 is 0 Å². The molecule has 3 aromatic rings. The molecular weight excluding hydrogens is 324 g/mol. The Labute approximate surface area is 143 Å². The van der Waals surface area contributed by atoms with Crippen LogP contribution in [0.15, 0.2) is 58.5 Å². The molecule has 0 spiro atoms. The summed E-state index contributed by atoms with van der Waals surface area (Å²) in [4.78, 5) is 16.3. The number of carbonyl (C=O) groups is 1. The van der Waals surface area contributed by atoms with E-state index in [2.05, 4.69) is 10.3 Å². The summed E-state index contributed by atoms with van der Waals surface area (Å²) in [5.41, 5.74) is 1.77. The summed E-state index contributed by atoms with van der Waals surface area (Å²) >= 11 is 1.53. The first-order valence-corrected chi connectivity index (χ1v) is 8.21. The molecule has 1 N–H and O–H groups in total. The Kier molecular flexibility index (Phi) is 5.08. The Balaban J connectivity index is 1.59. The minimum atomic E-state index is -0.189. The fourth-order valence-corrected chi connectivity index (χ4v) is 2.83. The van der Waals surface area contributed by atoms with E-state index in [0.717, 1.165) is 22.0 Å². The van der Waals surface area contributed by atoms with Gasteiger partial charge in [0.1, 0.15) is 16.5 Å². The highest BCUT2D eigenvalue weighted by Crippen LogP contribution is 2.26. The number of thiazole rings is 1. The van der Waals surface area contributed by atoms with Crippen molar-refractivity contribution in [3.8, 4) is 16.3 Å². The predicted octanol–water partition coefficient (Wildman–Crippen LogP) is 3.74. The lowest BCUT2D eigenvalue weighted by atomic mass is 10.2. The SMILES string of the molecule is COc1ccc(-c2nc(/C=C/C(=O)NCc3ccco3)cs2)cc1. The third-order valence-corrected chi connectivity index (χ3v) is 4.19. The Bertz CT molecular complexity index is 820. The van der Waals surface area contributed by atoms with Crippen molar-refractivity contribution in [2.75, 3.05) is 7.11 Å². The number of aromatic nitrogens is 1. The minimum absolute atomic E-state index is 0.189. The Morgan fingerprint density at radius 3 is 2.88 bits per heavy atom. The predicted molar refractivity (Wildman–Crippen MR) is 93.7 cm³/mol. The van der Waals surface area contributed by atoms with Gasteiger partial charge in [-0.3, -0.25) is 4.79 Å². The summed E-state index contributed by atoms with van der Waals surface area (Å²) in [6.45, 7) is 0.365. The zero-order valence-electron chi connectivity index (χ0n) is 13.1. The van der Waals surface area contributed by atoms with Crippen molar-refractivity contribution in [1.29, 1.82) is 0 Å². The molecule has 1 aromatic carbocycles. The zero-order valence-corrected chi connectivity index (χ0v) is 13.9. The van der Waals surface area contributed by atoms with E-state index < -0.39 is 0 Å². The zero-order chi connectivity index (χ0) is 16.8. The number of carbonyl (C=O) groups excluding carboxylic acids is 1. The van der Waals surface area contributed by atoms with E-state index in [1.165, 1.54) is 17.4 Å². The molecule has 2 heterocycles. The van der Waals surface area contributed by atoms with E-state index in [1.54, 1.807) is 25.5 Å². The summed E-state index contributed by atoms with van der Waals surface area (Å²) in [5.74, 6) is 1.33. The summed E-state index contributed by atoms with van der Waals surface area (Å²) in [6, 6.07) is 11.3. The largest absolute Gasteiger partial charge is 0.497 e. The highest BCUT2D eigenvalue weighted by Gasteiger charge is 2.04. The standard InChI is InChI=1S/C18H16N2O3S/c1-22-15-7-4-13(5-8-15)18-20-14(12-24-18)6-9-17(21)19-11-16-3-2-10-23-16/h2-10,12H,11H2,1H3,(H,19,21)/b9-6+. The summed E-state index contributed by atoms with van der Waals surface area (Å²) in [6.07, 6.45) is 4.74. The van der Waals surface area contributed by atoms with Gasteiger partial charge in [0.15, 0.2) is 0 Å². The second-order valence-corrected chi connectivity index (χ2v) is 5.79. The van der Waals surface area contributed by atoms with Crippen molar-refractivity contribution in [3.63, 3.8) is 0 Å². The van der Waals surface area contributed by atoms with Crippen LogP contribution in [-0.2, 0) is 11.3 Å². The maximum absolute atomic E-state index is 11.8. The van der Waals surface area contributed by atoms with E-state index in [1.807, 2.05) is 35.7 Å². The van der Waals surface area contributed by atoms with Gasteiger partial charge in [0, 0.05) is 17.0 Å². The molecule has 122 valence electrons. The van der Waals surface area contributed by atoms with E-state index in [9.17, 15) is 4.79 Å². The molecule has 0 saturated heterocycles. The number of nitrogens with zero attached hydrogens (tertiary/aromatic N) is 1. The third-order valence-electron chi connectivity index (χ3n) is 3.28. The minimum Gasteiger partial charge on any atom is -0.497 e. The summed E-state index contributed by atoms with van der Waals surface area (Å²) in [7, 11) is 1.64. The lowest BCUT2D eigenvalue weighted by Crippen LogP contribution is -2.19. The van der Waals surface area contributed by atoms with Crippen LogP contribution in [0.3, 0.4) is 0 Å². The van der Waals surface area contributed by atoms with Gasteiger partial charge < -0.3 is 14.5 Å². The van der Waals surface area contributed by atoms with Crippen LogP contribution in [0.5, 0.6) is 5.75 Å². The molecule has 0 bridgehead atoms. The smallest absolute Gasteiger partial charge is 0.244 e. The fourth-order valence-electron chi connectivity index (χ4n) is 2.04. The van der Waals surface area contributed by atoms with Crippen molar-refractivity contribution in [2.45, 2.75) is 6.54 Å². The van der Waals surface area contributed by atoms with Crippen molar-refractivity contribution in [3.05, 3.63) is 65.6 Å². The van der Waals surface area contributed by atoms with Gasteiger partial charge in [-0.2, -0.15) is 0 Å². The molecule has 0 radical (unpaired) electrons. The first-order chi connectivity index (χ1) is 11.7. The summed E-state index contributed by atoms with van der Waals surface area (Å²) in [5, 5.41) is 5.56. The molecule has 2 aromatic heterocycles. The molecule has 1 amide bonds. The van der Waals surface area contributed by atoms with Gasteiger partial charge in [-0.25, -0.2) is 4.98 Å². The highest BCUT2D eigenvalue weighted by atomic mass is 32.1.